The molecule has 0 aromatic carbocycles. The Kier molecular flexibility index (Phi) is 4.22. The highest BCUT2D eigenvalue weighted by atomic mass is 16.1. The number of hydrogen-bond donors (Lipinski definition) is 2. The predicted octanol–water partition coefficient (Wildman–Crippen LogP) is 0.758. The maximum Gasteiger partial charge on any atom is 0.220 e. The summed E-state index contributed by atoms with van der Waals surface area (Å²) >= 11 is 0. The molecule has 0 aromatic heterocycles. The first-order valence-electron chi connectivity index (χ1n) is 5.16. The van der Waals surface area contributed by atoms with Crippen LogP contribution in [0.3, 0.4) is 0 Å². The molecule has 0 aromatic rings. The molecule has 1 atom stereocenters. The van der Waals surface area contributed by atoms with Gasteiger partial charge in [0.05, 0.1) is 0 Å². The second-order valence-electron chi connectivity index (χ2n) is 4.26. The van der Waals surface area contributed by atoms with Crippen molar-refractivity contribution >= 4 is 5.91 Å². The Labute approximate surface area is 80.3 Å². The van der Waals surface area contributed by atoms with Gasteiger partial charge in [0.2, 0.25) is 5.91 Å². The van der Waals surface area contributed by atoms with Crippen LogP contribution in [0, 0.1) is 11.8 Å². The van der Waals surface area contributed by atoms with Gasteiger partial charge in [0.15, 0.2) is 0 Å². The topological polar surface area (TPSA) is 41.1 Å². The molecule has 0 saturated carbocycles. The van der Waals surface area contributed by atoms with Crippen molar-refractivity contribution in [2.75, 3.05) is 19.6 Å². The SMILES string of the molecule is CC(C)CNC(=O)CC1CCNC1. The lowest BCUT2D eigenvalue weighted by Gasteiger charge is -2.10. The van der Waals surface area contributed by atoms with Gasteiger partial charge in [-0.25, -0.2) is 0 Å². The molecular weight excluding hydrogens is 164 g/mol. The second-order valence-corrected chi connectivity index (χ2v) is 4.26. The molecule has 1 heterocycles. The minimum atomic E-state index is 0.211. The van der Waals surface area contributed by atoms with E-state index in [0.717, 1.165) is 26.1 Å². The molecule has 0 radical (unpaired) electrons. The van der Waals surface area contributed by atoms with Crippen molar-refractivity contribution in [2.24, 2.45) is 11.8 Å². The van der Waals surface area contributed by atoms with E-state index in [0.29, 0.717) is 18.3 Å². The fraction of sp³-hybridized carbons (Fsp3) is 0.900. The number of carbonyl (C=O) groups excluding carboxylic acids is 1. The van der Waals surface area contributed by atoms with Gasteiger partial charge in [-0.15, -0.1) is 0 Å². The molecule has 1 saturated heterocycles. The van der Waals surface area contributed by atoms with Crippen molar-refractivity contribution in [1.29, 1.82) is 0 Å². The Morgan fingerprint density at radius 1 is 1.62 bits per heavy atom. The molecule has 1 fully saturated rings. The van der Waals surface area contributed by atoms with Crippen molar-refractivity contribution in [2.45, 2.75) is 26.7 Å². The first-order chi connectivity index (χ1) is 6.18. The first-order valence-corrected chi connectivity index (χ1v) is 5.16. The van der Waals surface area contributed by atoms with Crippen molar-refractivity contribution in [3.8, 4) is 0 Å². The summed E-state index contributed by atoms with van der Waals surface area (Å²) in [7, 11) is 0. The van der Waals surface area contributed by atoms with Gasteiger partial charge in [-0.05, 0) is 31.3 Å². The summed E-state index contributed by atoms with van der Waals surface area (Å²) in [5, 5.41) is 6.20. The molecule has 76 valence electrons. The molecule has 1 amide bonds. The van der Waals surface area contributed by atoms with E-state index in [1.807, 2.05) is 0 Å². The average molecular weight is 184 g/mol. The van der Waals surface area contributed by atoms with E-state index in [-0.39, 0.29) is 5.91 Å². The smallest absolute Gasteiger partial charge is 0.220 e. The molecule has 3 heteroatoms. The summed E-state index contributed by atoms with van der Waals surface area (Å²) in [4.78, 5) is 11.4. The summed E-state index contributed by atoms with van der Waals surface area (Å²) in [6.45, 7) is 7.10. The minimum Gasteiger partial charge on any atom is -0.356 e. The van der Waals surface area contributed by atoms with Gasteiger partial charge in [0, 0.05) is 13.0 Å². The maximum absolute atomic E-state index is 11.4. The minimum absolute atomic E-state index is 0.211. The molecule has 1 unspecified atom stereocenters. The van der Waals surface area contributed by atoms with Gasteiger partial charge < -0.3 is 10.6 Å². The molecule has 3 nitrogen and oxygen atoms in total. The van der Waals surface area contributed by atoms with E-state index in [1.165, 1.54) is 0 Å². The van der Waals surface area contributed by atoms with Crippen LogP contribution in [0.1, 0.15) is 26.7 Å². The second kappa shape index (κ2) is 5.22. The van der Waals surface area contributed by atoms with Gasteiger partial charge in [0.1, 0.15) is 0 Å². The van der Waals surface area contributed by atoms with Crippen molar-refractivity contribution in [3.05, 3.63) is 0 Å². The molecule has 1 aliphatic heterocycles. The summed E-state index contributed by atoms with van der Waals surface area (Å²) in [5.74, 6) is 1.32. The Hall–Kier alpha value is -0.570. The Bertz CT molecular complexity index is 162. The van der Waals surface area contributed by atoms with E-state index in [1.54, 1.807) is 0 Å². The fourth-order valence-corrected chi connectivity index (χ4v) is 1.54. The van der Waals surface area contributed by atoms with E-state index in [9.17, 15) is 4.79 Å². The zero-order valence-corrected chi connectivity index (χ0v) is 8.60. The summed E-state index contributed by atoms with van der Waals surface area (Å²) in [5.41, 5.74) is 0. The molecule has 0 aliphatic carbocycles. The van der Waals surface area contributed by atoms with Crippen LogP contribution in [0.15, 0.2) is 0 Å². The Morgan fingerprint density at radius 2 is 2.38 bits per heavy atom. The fourth-order valence-electron chi connectivity index (χ4n) is 1.54. The zero-order valence-electron chi connectivity index (χ0n) is 8.60. The normalized spacial score (nSPS) is 22.2. The maximum atomic E-state index is 11.4. The number of nitrogens with one attached hydrogen (secondary N) is 2. The lowest BCUT2D eigenvalue weighted by atomic mass is 10.0. The van der Waals surface area contributed by atoms with Crippen LogP contribution < -0.4 is 10.6 Å². The number of rotatable bonds is 4. The molecule has 1 rings (SSSR count). The van der Waals surface area contributed by atoms with E-state index in [4.69, 9.17) is 0 Å². The van der Waals surface area contributed by atoms with Crippen LogP contribution in [0.2, 0.25) is 0 Å². The van der Waals surface area contributed by atoms with Crippen molar-refractivity contribution in [1.82, 2.24) is 10.6 Å². The Balaban J connectivity index is 2.09. The van der Waals surface area contributed by atoms with Crippen LogP contribution >= 0.6 is 0 Å². The number of amides is 1. The quantitative estimate of drug-likeness (QED) is 0.677. The van der Waals surface area contributed by atoms with Crippen molar-refractivity contribution < 1.29 is 4.79 Å². The molecule has 1 aliphatic rings. The standard InChI is InChI=1S/C10H20N2O/c1-8(2)6-12-10(13)5-9-3-4-11-7-9/h8-9,11H,3-7H2,1-2H3,(H,12,13). The highest BCUT2D eigenvalue weighted by Crippen LogP contribution is 2.11. The highest BCUT2D eigenvalue weighted by molar-refractivity contribution is 5.76. The summed E-state index contributed by atoms with van der Waals surface area (Å²) in [6, 6.07) is 0. The lowest BCUT2D eigenvalue weighted by molar-refractivity contribution is -0.122. The molecular formula is C10H20N2O. The van der Waals surface area contributed by atoms with Crippen LogP contribution in [0.25, 0.3) is 0 Å². The third-order valence-electron chi connectivity index (χ3n) is 2.34. The summed E-state index contributed by atoms with van der Waals surface area (Å²) in [6.07, 6.45) is 1.84. The van der Waals surface area contributed by atoms with Crippen LogP contribution in [0.4, 0.5) is 0 Å². The largest absolute Gasteiger partial charge is 0.356 e. The Morgan fingerprint density at radius 3 is 2.92 bits per heavy atom. The van der Waals surface area contributed by atoms with E-state index < -0.39 is 0 Å². The number of hydrogen-bond acceptors (Lipinski definition) is 2. The molecule has 0 bridgehead atoms. The van der Waals surface area contributed by atoms with Gasteiger partial charge >= 0.3 is 0 Å². The molecule has 0 spiro atoms. The van der Waals surface area contributed by atoms with Crippen LogP contribution in [-0.4, -0.2) is 25.5 Å². The van der Waals surface area contributed by atoms with Gasteiger partial charge in [0.25, 0.3) is 0 Å². The van der Waals surface area contributed by atoms with Crippen LogP contribution in [-0.2, 0) is 4.79 Å². The zero-order chi connectivity index (χ0) is 9.68. The van der Waals surface area contributed by atoms with Crippen LogP contribution in [0.5, 0.6) is 0 Å². The van der Waals surface area contributed by atoms with Gasteiger partial charge in [-0.3, -0.25) is 4.79 Å². The molecule has 13 heavy (non-hydrogen) atoms. The monoisotopic (exact) mass is 184 g/mol. The predicted molar refractivity (Wildman–Crippen MR) is 53.4 cm³/mol. The van der Waals surface area contributed by atoms with E-state index in [2.05, 4.69) is 24.5 Å². The third-order valence-corrected chi connectivity index (χ3v) is 2.34. The van der Waals surface area contributed by atoms with Crippen molar-refractivity contribution in [3.63, 3.8) is 0 Å². The lowest BCUT2D eigenvalue weighted by Crippen LogP contribution is -2.29. The third kappa shape index (κ3) is 4.27. The molecule has 2 N–H and O–H groups in total. The van der Waals surface area contributed by atoms with Gasteiger partial charge in [-0.2, -0.15) is 0 Å². The highest BCUT2D eigenvalue weighted by Gasteiger charge is 2.17. The average Bonchev–Trinajstić information content (AvgIpc) is 2.53. The van der Waals surface area contributed by atoms with E-state index >= 15 is 0 Å². The first kappa shape index (κ1) is 10.5. The van der Waals surface area contributed by atoms with Gasteiger partial charge in [-0.1, -0.05) is 13.8 Å². The number of carbonyl (C=O) groups is 1. The summed E-state index contributed by atoms with van der Waals surface area (Å²) < 4.78 is 0.